The van der Waals surface area contributed by atoms with E-state index in [-0.39, 0.29) is 0 Å². The molecule has 1 N–H and O–H groups in total. The number of aryl methyl sites for hydroxylation is 2. The van der Waals surface area contributed by atoms with Crippen molar-refractivity contribution in [3.05, 3.63) is 73.2 Å². The van der Waals surface area contributed by atoms with Crippen molar-refractivity contribution in [3.63, 3.8) is 0 Å². The average molecular weight is 500 g/mol. The molecule has 1 atom stereocenters. The molecule has 10 nitrogen and oxygen atoms in total. The summed E-state index contributed by atoms with van der Waals surface area (Å²) in [5.41, 5.74) is 4.80. The molecule has 5 aromatic rings. The molecule has 3 heterocycles. The Bertz CT molecular complexity index is 1510. The van der Waals surface area contributed by atoms with Crippen LogP contribution in [0.4, 0.5) is 11.4 Å². The number of benzene rings is 2. The summed E-state index contributed by atoms with van der Waals surface area (Å²) in [6.07, 6.45) is 8.33. The predicted octanol–water partition coefficient (Wildman–Crippen LogP) is 3.75. The van der Waals surface area contributed by atoms with E-state index >= 15 is 0 Å². The Hall–Kier alpha value is -4.44. The van der Waals surface area contributed by atoms with Gasteiger partial charge in [-0.2, -0.15) is 5.10 Å². The average Bonchev–Trinajstić information content (AvgIpc) is 3.53. The summed E-state index contributed by atoms with van der Waals surface area (Å²) in [5.74, 6) is 2.15. The monoisotopic (exact) mass is 499 g/mol. The molecule has 5 rings (SSSR count). The SMILES string of the molecule is COc1cc(OC)cc(N(CC(O)Cn2ccnc2C)c2ccc3ncc(-c4cnn(C)c4)nc3c2)c1. The van der Waals surface area contributed by atoms with Crippen molar-refractivity contribution in [2.45, 2.75) is 19.6 Å². The summed E-state index contributed by atoms with van der Waals surface area (Å²) >= 11 is 0. The molecular weight excluding hydrogens is 470 g/mol. The number of fused-ring (bicyclic) bond motifs is 1. The summed E-state index contributed by atoms with van der Waals surface area (Å²) in [7, 11) is 5.10. The highest BCUT2D eigenvalue weighted by Gasteiger charge is 2.19. The number of ether oxygens (including phenoxy) is 2. The van der Waals surface area contributed by atoms with Crippen molar-refractivity contribution in [2.75, 3.05) is 25.7 Å². The minimum absolute atomic E-state index is 0.315. The molecule has 0 aliphatic carbocycles. The Morgan fingerprint density at radius 1 is 0.973 bits per heavy atom. The third-order valence-corrected chi connectivity index (χ3v) is 6.21. The normalized spacial score (nSPS) is 12.0. The number of hydrogen-bond donors (Lipinski definition) is 1. The highest BCUT2D eigenvalue weighted by Crippen LogP contribution is 2.34. The number of aliphatic hydroxyl groups excluding tert-OH is 1. The maximum absolute atomic E-state index is 11.1. The Balaban J connectivity index is 1.56. The van der Waals surface area contributed by atoms with Crippen LogP contribution >= 0.6 is 0 Å². The van der Waals surface area contributed by atoms with Crippen molar-refractivity contribution < 1.29 is 14.6 Å². The number of nitrogens with zero attached hydrogens (tertiary/aromatic N) is 7. The molecule has 0 bridgehead atoms. The lowest BCUT2D eigenvalue weighted by Crippen LogP contribution is -2.32. The van der Waals surface area contributed by atoms with Gasteiger partial charge in [0.2, 0.25) is 0 Å². The molecule has 10 heteroatoms. The maximum Gasteiger partial charge on any atom is 0.124 e. The van der Waals surface area contributed by atoms with Crippen LogP contribution in [0.5, 0.6) is 11.5 Å². The van der Waals surface area contributed by atoms with Crippen molar-refractivity contribution in [1.82, 2.24) is 29.3 Å². The van der Waals surface area contributed by atoms with Crippen LogP contribution in [0.3, 0.4) is 0 Å². The van der Waals surface area contributed by atoms with Gasteiger partial charge >= 0.3 is 0 Å². The zero-order valence-corrected chi connectivity index (χ0v) is 21.2. The van der Waals surface area contributed by atoms with E-state index in [1.165, 1.54) is 0 Å². The number of aliphatic hydroxyl groups is 1. The molecule has 1 unspecified atom stereocenters. The van der Waals surface area contributed by atoms with Gasteiger partial charge in [-0.05, 0) is 25.1 Å². The second kappa shape index (κ2) is 10.3. The molecule has 0 radical (unpaired) electrons. The van der Waals surface area contributed by atoms with Gasteiger partial charge in [-0.15, -0.1) is 0 Å². The lowest BCUT2D eigenvalue weighted by molar-refractivity contribution is 0.161. The quantitative estimate of drug-likeness (QED) is 0.327. The topological polar surface area (TPSA) is 103 Å². The smallest absolute Gasteiger partial charge is 0.124 e. The molecule has 3 aromatic heterocycles. The molecule has 2 aromatic carbocycles. The van der Waals surface area contributed by atoms with Gasteiger partial charge in [-0.3, -0.25) is 9.67 Å². The van der Waals surface area contributed by atoms with E-state index in [2.05, 4.69) is 15.1 Å². The molecule has 0 amide bonds. The second-order valence-corrected chi connectivity index (χ2v) is 8.79. The minimum Gasteiger partial charge on any atom is -0.497 e. The zero-order chi connectivity index (χ0) is 25.9. The standard InChI is InChI=1S/C27H29N7O3/c1-18-28-7-8-33(18)16-22(35)17-34(21-9-23(36-3)12-24(10-21)37-4)20-5-6-25-26(11-20)31-27(14-29-25)19-13-30-32(2)15-19/h5-15,22,35H,16-17H2,1-4H3. The van der Waals surface area contributed by atoms with Gasteiger partial charge < -0.3 is 24.0 Å². The van der Waals surface area contributed by atoms with Crippen LogP contribution in [0.1, 0.15) is 5.82 Å². The van der Waals surface area contributed by atoms with Crippen LogP contribution < -0.4 is 14.4 Å². The maximum atomic E-state index is 11.1. The summed E-state index contributed by atoms with van der Waals surface area (Å²) in [4.78, 5) is 15.7. The van der Waals surface area contributed by atoms with Crippen LogP contribution in [-0.4, -0.2) is 61.3 Å². The number of methoxy groups -OCH3 is 2. The minimum atomic E-state index is -0.686. The summed E-state index contributed by atoms with van der Waals surface area (Å²) in [5, 5.41) is 15.4. The van der Waals surface area contributed by atoms with Crippen LogP contribution in [0.15, 0.2) is 67.4 Å². The van der Waals surface area contributed by atoms with E-state index in [0.717, 1.165) is 39.5 Å². The third kappa shape index (κ3) is 5.24. The van der Waals surface area contributed by atoms with Gasteiger partial charge in [0, 0.05) is 60.8 Å². The molecular formula is C27H29N7O3. The van der Waals surface area contributed by atoms with Crippen molar-refractivity contribution >= 4 is 22.4 Å². The van der Waals surface area contributed by atoms with Gasteiger partial charge in [0.05, 0.1) is 62.5 Å². The molecule has 0 aliphatic heterocycles. The number of aromatic nitrogens is 6. The van der Waals surface area contributed by atoms with Crippen LogP contribution in [0, 0.1) is 6.92 Å². The Morgan fingerprint density at radius 2 is 1.76 bits per heavy atom. The van der Waals surface area contributed by atoms with Crippen LogP contribution in [0.25, 0.3) is 22.3 Å². The molecule has 190 valence electrons. The van der Waals surface area contributed by atoms with E-state index in [0.29, 0.717) is 24.6 Å². The molecule has 0 fully saturated rings. The molecule has 0 saturated heterocycles. The summed E-state index contributed by atoms with van der Waals surface area (Å²) in [6.45, 7) is 2.64. The van der Waals surface area contributed by atoms with Crippen molar-refractivity contribution in [3.8, 4) is 22.8 Å². The molecule has 0 spiro atoms. The van der Waals surface area contributed by atoms with E-state index in [9.17, 15) is 5.11 Å². The predicted molar refractivity (Wildman–Crippen MR) is 141 cm³/mol. The Kier molecular flexibility index (Phi) is 6.74. The van der Waals surface area contributed by atoms with Gasteiger partial charge in [0.1, 0.15) is 17.3 Å². The van der Waals surface area contributed by atoms with Crippen molar-refractivity contribution in [2.24, 2.45) is 7.05 Å². The Labute approximate surface area is 214 Å². The highest BCUT2D eigenvalue weighted by atomic mass is 16.5. The van der Waals surface area contributed by atoms with Crippen LogP contribution in [-0.2, 0) is 13.6 Å². The molecule has 0 saturated carbocycles. The summed E-state index contributed by atoms with van der Waals surface area (Å²) < 4.78 is 14.7. The number of rotatable bonds is 9. The fourth-order valence-electron chi connectivity index (χ4n) is 4.26. The molecule has 37 heavy (non-hydrogen) atoms. The number of imidazole rings is 1. The fourth-order valence-corrected chi connectivity index (χ4v) is 4.26. The highest BCUT2D eigenvalue weighted by molar-refractivity contribution is 5.82. The van der Waals surface area contributed by atoms with Gasteiger partial charge in [-0.25, -0.2) is 9.97 Å². The third-order valence-electron chi connectivity index (χ3n) is 6.21. The summed E-state index contributed by atoms with van der Waals surface area (Å²) in [6, 6.07) is 11.5. The van der Waals surface area contributed by atoms with Gasteiger partial charge in [-0.1, -0.05) is 0 Å². The van der Waals surface area contributed by atoms with Gasteiger partial charge in [0.25, 0.3) is 0 Å². The van der Waals surface area contributed by atoms with E-state index < -0.39 is 6.10 Å². The van der Waals surface area contributed by atoms with E-state index in [1.807, 2.05) is 72.2 Å². The second-order valence-electron chi connectivity index (χ2n) is 8.79. The van der Waals surface area contributed by atoms with E-state index in [4.69, 9.17) is 14.5 Å². The van der Waals surface area contributed by atoms with Gasteiger partial charge in [0.15, 0.2) is 0 Å². The van der Waals surface area contributed by atoms with Crippen LogP contribution in [0.2, 0.25) is 0 Å². The Morgan fingerprint density at radius 3 is 2.41 bits per heavy atom. The molecule has 0 aliphatic rings. The largest absolute Gasteiger partial charge is 0.497 e. The van der Waals surface area contributed by atoms with Crippen molar-refractivity contribution in [1.29, 1.82) is 0 Å². The first-order chi connectivity index (χ1) is 17.9. The first-order valence-electron chi connectivity index (χ1n) is 11.9. The number of hydrogen-bond acceptors (Lipinski definition) is 8. The fraction of sp³-hybridized carbons (Fsp3) is 0.259. The lowest BCUT2D eigenvalue weighted by Gasteiger charge is -2.28. The zero-order valence-electron chi connectivity index (χ0n) is 21.2. The van der Waals surface area contributed by atoms with E-state index in [1.54, 1.807) is 37.5 Å². The first-order valence-corrected chi connectivity index (χ1v) is 11.9. The lowest BCUT2D eigenvalue weighted by atomic mass is 10.1. The first kappa shape index (κ1) is 24.3. The number of anilines is 2.